The maximum absolute atomic E-state index is 10.5. The molecule has 0 aliphatic carbocycles. The van der Waals surface area contributed by atoms with Crippen LogP contribution in [-0.4, -0.2) is 32.1 Å². The van der Waals surface area contributed by atoms with Crippen molar-refractivity contribution in [2.45, 2.75) is 0 Å². The van der Waals surface area contributed by atoms with Gasteiger partial charge in [0.2, 0.25) is 0 Å². The van der Waals surface area contributed by atoms with Crippen LogP contribution in [0.5, 0.6) is 0 Å². The molecule has 0 spiro atoms. The van der Waals surface area contributed by atoms with Crippen molar-refractivity contribution in [2.75, 3.05) is 19.8 Å². The molecule has 0 saturated carbocycles. The van der Waals surface area contributed by atoms with E-state index < -0.39 is 0 Å². The van der Waals surface area contributed by atoms with Crippen molar-refractivity contribution in [1.29, 1.82) is 0 Å². The molecule has 0 aromatic rings. The van der Waals surface area contributed by atoms with Crippen LogP contribution in [0.15, 0.2) is 12.7 Å². The minimum absolute atomic E-state index is 0.00822. The van der Waals surface area contributed by atoms with Gasteiger partial charge in [0.05, 0.1) is 6.61 Å². The van der Waals surface area contributed by atoms with Gasteiger partial charge in [-0.3, -0.25) is 9.59 Å². The Balaban J connectivity index is 3.07. The highest BCUT2D eigenvalue weighted by Crippen LogP contribution is 1.78. The highest BCUT2D eigenvalue weighted by Gasteiger charge is 1.93. The number of carbonyl (C=O) groups excluding carboxylic acids is 2. The van der Waals surface area contributed by atoms with Crippen LogP contribution in [0.1, 0.15) is 0 Å². The first kappa shape index (κ1) is 9.84. The lowest BCUT2D eigenvalue weighted by atomic mass is 10.4. The predicted molar refractivity (Wildman–Crippen MR) is 38.0 cm³/mol. The first-order valence-electron chi connectivity index (χ1n) is 3.09. The molecule has 0 fully saturated rings. The lowest BCUT2D eigenvalue weighted by molar-refractivity contribution is -0.130. The summed E-state index contributed by atoms with van der Waals surface area (Å²) in [6.07, 6.45) is 1.18. The molecule has 0 heterocycles. The van der Waals surface area contributed by atoms with Crippen LogP contribution < -0.4 is 0 Å². The molecule has 0 aromatic heterocycles. The predicted octanol–water partition coefficient (Wildman–Crippen LogP) is -0.0689. The average Bonchev–Trinajstić information content (AvgIpc) is 2.04. The van der Waals surface area contributed by atoms with Crippen molar-refractivity contribution in [2.24, 2.45) is 0 Å². The molecule has 0 N–H and O–H groups in total. The zero-order chi connectivity index (χ0) is 8.53. The normalized spacial score (nSPS) is 8.73. The highest BCUT2D eigenvalue weighted by molar-refractivity contribution is 5.90. The van der Waals surface area contributed by atoms with Gasteiger partial charge in [0, 0.05) is 0 Å². The maximum atomic E-state index is 10.5. The summed E-state index contributed by atoms with van der Waals surface area (Å²) in [6.45, 7) is 3.99. The van der Waals surface area contributed by atoms with Gasteiger partial charge < -0.3 is 9.47 Å². The molecule has 4 heteroatoms. The summed E-state index contributed by atoms with van der Waals surface area (Å²) >= 11 is 0. The van der Waals surface area contributed by atoms with Gasteiger partial charge in [-0.2, -0.15) is 0 Å². The molecule has 0 amide bonds. The Morgan fingerprint density at radius 3 is 2.73 bits per heavy atom. The Bertz CT molecular complexity index is 141. The zero-order valence-electron chi connectivity index (χ0n) is 6.12. The summed E-state index contributed by atoms with van der Waals surface area (Å²) in [5, 5.41) is 0. The number of hydrogen-bond donors (Lipinski definition) is 0. The Kier molecular flexibility index (Phi) is 6.22. The van der Waals surface area contributed by atoms with Gasteiger partial charge in [0.15, 0.2) is 5.78 Å². The van der Waals surface area contributed by atoms with E-state index in [1.807, 2.05) is 0 Å². The zero-order valence-corrected chi connectivity index (χ0v) is 6.12. The molecule has 11 heavy (non-hydrogen) atoms. The van der Waals surface area contributed by atoms with Gasteiger partial charge in [0.25, 0.3) is 6.47 Å². The molecular formula is C7H10O4. The molecule has 0 bridgehead atoms. The fourth-order valence-electron chi connectivity index (χ4n) is 0.387. The quantitative estimate of drug-likeness (QED) is 0.295. The Morgan fingerprint density at radius 1 is 1.45 bits per heavy atom. The summed E-state index contributed by atoms with van der Waals surface area (Å²) in [5.74, 6) is -0.184. The maximum Gasteiger partial charge on any atom is 0.293 e. The van der Waals surface area contributed by atoms with E-state index in [4.69, 9.17) is 4.74 Å². The van der Waals surface area contributed by atoms with Crippen LogP contribution in [0, 0.1) is 0 Å². The summed E-state index contributed by atoms with van der Waals surface area (Å²) in [4.78, 5) is 20.1. The second kappa shape index (κ2) is 6.95. The van der Waals surface area contributed by atoms with E-state index in [2.05, 4.69) is 11.3 Å². The Morgan fingerprint density at radius 2 is 2.18 bits per heavy atom. The van der Waals surface area contributed by atoms with Crippen LogP contribution in [0.4, 0.5) is 0 Å². The van der Waals surface area contributed by atoms with Crippen LogP contribution in [-0.2, 0) is 19.1 Å². The molecular weight excluding hydrogens is 148 g/mol. The lowest BCUT2D eigenvalue weighted by Gasteiger charge is -1.98. The SMILES string of the molecule is C=CC(=O)COCCOC=O. The Hall–Kier alpha value is -1.16. The van der Waals surface area contributed by atoms with E-state index in [0.717, 1.165) is 0 Å². The molecule has 4 nitrogen and oxygen atoms in total. The summed E-state index contributed by atoms with van der Waals surface area (Å²) < 4.78 is 9.09. The van der Waals surface area contributed by atoms with E-state index in [-0.39, 0.29) is 25.6 Å². The molecule has 0 saturated heterocycles. The third-order valence-corrected chi connectivity index (χ3v) is 0.886. The monoisotopic (exact) mass is 158 g/mol. The van der Waals surface area contributed by atoms with Crippen molar-refractivity contribution in [1.82, 2.24) is 0 Å². The van der Waals surface area contributed by atoms with Crippen LogP contribution in [0.2, 0.25) is 0 Å². The Labute approximate surface area is 64.8 Å². The van der Waals surface area contributed by atoms with Crippen molar-refractivity contribution >= 4 is 12.3 Å². The molecule has 0 atom stereocenters. The van der Waals surface area contributed by atoms with Gasteiger partial charge in [-0.1, -0.05) is 6.58 Å². The highest BCUT2D eigenvalue weighted by atomic mass is 16.5. The molecule has 0 rings (SSSR count). The number of rotatable bonds is 7. The standard InChI is InChI=1S/C7H10O4/c1-2-7(9)5-10-3-4-11-6-8/h2,6H,1,3-5H2. The summed E-state index contributed by atoms with van der Waals surface area (Å²) in [7, 11) is 0. The second-order valence-corrected chi connectivity index (χ2v) is 1.69. The first-order chi connectivity index (χ1) is 5.31. The number of carbonyl (C=O) groups is 2. The van der Waals surface area contributed by atoms with E-state index >= 15 is 0 Å². The van der Waals surface area contributed by atoms with Crippen LogP contribution >= 0.6 is 0 Å². The summed E-state index contributed by atoms with van der Waals surface area (Å²) in [6, 6.07) is 0. The van der Waals surface area contributed by atoms with Gasteiger partial charge in [-0.25, -0.2) is 0 Å². The van der Waals surface area contributed by atoms with Gasteiger partial charge in [0.1, 0.15) is 13.2 Å². The van der Waals surface area contributed by atoms with Gasteiger partial charge >= 0.3 is 0 Å². The third kappa shape index (κ3) is 6.73. The molecule has 0 aliphatic heterocycles. The third-order valence-electron chi connectivity index (χ3n) is 0.886. The molecule has 0 aromatic carbocycles. The van der Waals surface area contributed by atoms with E-state index in [1.54, 1.807) is 0 Å². The fourth-order valence-corrected chi connectivity index (χ4v) is 0.387. The largest absolute Gasteiger partial charge is 0.465 e. The van der Waals surface area contributed by atoms with Crippen molar-refractivity contribution in [3.63, 3.8) is 0 Å². The van der Waals surface area contributed by atoms with Crippen molar-refractivity contribution in [3.05, 3.63) is 12.7 Å². The molecule has 0 aliphatic rings. The second-order valence-electron chi connectivity index (χ2n) is 1.69. The summed E-state index contributed by atoms with van der Waals surface area (Å²) in [5.41, 5.74) is 0. The van der Waals surface area contributed by atoms with E-state index in [9.17, 15) is 9.59 Å². The van der Waals surface area contributed by atoms with Crippen molar-refractivity contribution in [3.8, 4) is 0 Å². The van der Waals surface area contributed by atoms with Crippen LogP contribution in [0.3, 0.4) is 0 Å². The van der Waals surface area contributed by atoms with Gasteiger partial charge in [-0.15, -0.1) is 0 Å². The fraction of sp³-hybridized carbons (Fsp3) is 0.429. The van der Waals surface area contributed by atoms with Gasteiger partial charge in [-0.05, 0) is 6.08 Å². The van der Waals surface area contributed by atoms with Crippen LogP contribution in [0.25, 0.3) is 0 Å². The number of hydrogen-bond acceptors (Lipinski definition) is 4. The first-order valence-corrected chi connectivity index (χ1v) is 3.09. The average molecular weight is 158 g/mol. The molecule has 0 unspecified atom stereocenters. The molecule has 0 radical (unpaired) electrons. The van der Waals surface area contributed by atoms with Crippen molar-refractivity contribution < 1.29 is 19.1 Å². The lowest BCUT2D eigenvalue weighted by Crippen LogP contribution is -2.09. The topological polar surface area (TPSA) is 52.6 Å². The molecule has 62 valence electrons. The number of ether oxygens (including phenoxy) is 2. The smallest absolute Gasteiger partial charge is 0.293 e. The minimum atomic E-state index is -0.184. The van der Waals surface area contributed by atoms with E-state index in [0.29, 0.717) is 6.47 Å². The van der Waals surface area contributed by atoms with E-state index in [1.165, 1.54) is 6.08 Å². The number of ketones is 1. The minimum Gasteiger partial charge on any atom is -0.465 e.